The van der Waals surface area contributed by atoms with Gasteiger partial charge in [0, 0.05) is 24.5 Å². The summed E-state index contributed by atoms with van der Waals surface area (Å²) in [5, 5.41) is 2.86. The minimum absolute atomic E-state index is 0.287. The highest BCUT2D eigenvalue weighted by Crippen LogP contribution is 2.23. The maximum absolute atomic E-state index is 12.6. The Balaban J connectivity index is 1.69. The maximum Gasteiger partial charge on any atom is 0.339 e. The fraction of sp³-hybridized carbons (Fsp3) is 0.261. The molecule has 0 unspecified atom stereocenters. The molecule has 0 aliphatic carbocycles. The normalized spacial score (nSPS) is 10.6. The zero-order valence-corrected chi connectivity index (χ0v) is 17.8. The average Bonchev–Trinajstić information content (AvgIpc) is 3.03. The fourth-order valence-corrected chi connectivity index (χ4v) is 3.17. The Morgan fingerprint density at radius 3 is 2.53 bits per heavy atom. The minimum Gasteiger partial charge on any atom is -0.465 e. The molecule has 1 aromatic carbocycles. The molecule has 1 amide bonds. The van der Waals surface area contributed by atoms with Gasteiger partial charge in [0.2, 0.25) is 5.88 Å². The van der Waals surface area contributed by atoms with Gasteiger partial charge in [0.15, 0.2) is 0 Å². The number of H-pyrrole nitrogens is 1. The Kier molecular flexibility index (Phi) is 6.20. The predicted molar refractivity (Wildman–Crippen MR) is 113 cm³/mol. The number of amides is 1. The third-order valence-electron chi connectivity index (χ3n) is 5.01. The first-order chi connectivity index (χ1) is 14.3. The third-order valence-corrected chi connectivity index (χ3v) is 5.01. The van der Waals surface area contributed by atoms with Crippen molar-refractivity contribution in [1.82, 2.24) is 15.3 Å². The maximum atomic E-state index is 12.6. The fourth-order valence-electron chi connectivity index (χ4n) is 3.17. The molecule has 0 atom stereocenters. The molecule has 0 radical (unpaired) electrons. The number of carbonyl (C=O) groups excluding carboxylic acids is 2. The summed E-state index contributed by atoms with van der Waals surface area (Å²) in [5.74, 6) is 0.381. The molecule has 3 rings (SSSR count). The Labute approximate surface area is 175 Å². The summed E-state index contributed by atoms with van der Waals surface area (Å²) in [6.07, 6.45) is 1.64. The van der Waals surface area contributed by atoms with Crippen LogP contribution in [0.1, 0.15) is 48.8 Å². The monoisotopic (exact) mass is 407 g/mol. The number of methoxy groups -OCH3 is 1. The van der Waals surface area contributed by atoms with Crippen LogP contribution in [0.15, 0.2) is 36.5 Å². The van der Waals surface area contributed by atoms with E-state index in [9.17, 15) is 9.59 Å². The van der Waals surface area contributed by atoms with Gasteiger partial charge in [0.1, 0.15) is 11.4 Å². The lowest BCUT2D eigenvalue weighted by Gasteiger charge is -2.09. The molecule has 3 aromatic rings. The van der Waals surface area contributed by atoms with Gasteiger partial charge < -0.3 is 19.8 Å². The summed E-state index contributed by atoms with van der Waals surface area (Å²) in [6, 6.07) is 9.44. The van der Waals surface area contributed by atoms with Crippen molar-refractivity contribution in [3.63, 3.8) is 0 Å². The summed E-state index contributed by atoms with van der Waals surface area (Å²) in [6.45, 7) is 7.80. The van der Waals surface area contributed by atoms with E-state index in [0.29, 0.717) is 34.1 Å². The number of aromatic amines is 1. The van der Waals surface area contributed by atoms with E-state index in [-0.39, 0.29) is 12.5 Å². The minimum atomic E-state index is -0.470. The molecule has 2 heterocycles. The smallest absolute Gasteiger partial charge is 0.339 e. The van der Waals surface area contributed by atoms with Crippen molar-refractivity contribution >= 4 is 11.9 Å². The third kappa shape index (κ3) is 4.51. The number of rotatable bonds is 6. The van der Waals surface area contributed by atoms with E-state index in [1.165, 1.54) is 12.7 Å². The standard InChI is InChI=1S/C23H25N3O4/c1-13-6-7-18(10-14(13)2)30-19-11-17(8-9-24-19)12-25-22(27)21-15(3)20(16(4)26-21)23(28)29-5/h6-11,26H,12H2,1-5H3,(H,25,27). The molecule has 2 N–H and O–H groups in total. The number of ether oxygens (including phenoxy) is 2. The number of hydrogen-bond donors (Lipinski definition) is 2. The van der Waals surface area contributed by atoms with Crippen molar-refractivity contribution in [2.75, 3.05) is 7.11 Å². The predicted octanol–water partition coefficient (Wildman–Crippen LogP) is 4.15. The topological polar surface area (TPSA) is 93.3 Å². The van der Waals surface area contributed by atoms with Gasteiger partial charge in [-0.1, -0.05) is 6.07 Å². The van der Waals surface area contributed by atoms with Crippen molar-refractivity contribution in [3.8, 4) is 11.6 Å². The molecule has 156 valence electrons. The van der Waals surface area contributed by atoms with Gasteiger partial charge >= 0.3 is 5.97 Å². The van der Waals surface area contributed by atoms with E-state index in [0.717, 1.165) is 11.1 Å². The molecule has 7 heteroatoms. The van der Waals surface area contributed by atoms with E-state index in [4.69, 9.17) is 9.47 Å². The van der Waals surface area contributed by atoms with Crippen LogP contribution in [0.4, 0.5) is 0 Å². The molecule has 0 aliphatic rings. The molecule has 30 heavy (non-hydrogen) atoms. The van der Waals surface area contributed by atoms with E-state index in [1.54, 1.807) is 32.2 Å². The summed E-state index contributed by atoms with van der Waals surface area (Å²) < 4.78 is 10.6. The second-order valence-electron chi connectivity index (χ2n) is 7.15. The van der Waals surface area contributed by atoms with Crippen LogP contribution in [0, 0.1) is 27.7 Å². The van der Waals surface area contributed by atoms with Crippen LogP contribution in [0.3, 0.4) is 0 Å². The lowest BCUT2D eigenvalue weighted by molar-refractivity contribution is 0.0599. The molecule has 7 nitrogen and oxygen atoms in total. The molecular formula is C23H25N3O4. The van der Waals surface area contributed by atoms with E-state index in [1.807, 2.05) is 32.0 Å². The van der Waals surface area contributed by atoms with Crippen LogP contribution in [0.25, 0.3) is 0 Å². The first kappa shape index (κ1) is 21.1. The number of benzene rings is 1. The first-order valence-corrected chi connectivity index (χ1v) is 9.56. The average molecular weight is 407 g/mol. The van der Waals surface area contributed by atoms with Crippen LogP contribution < -0.4 is 10.1 Å². The van der Waals surface area contributed by atoms with Gasteiger partial charge in [-0.05, 0) is 68.1 Å². The van der Waals surface area contributed by atoms with Crippen LogP contribution >= 0.6 is 0 Å². The number of nitrogens with one attached hydrogen (secondary N) is 2. The van der Waals surface area contributed by atoms with Gasteiger partial charge in [-0.15, -0.1) is 0 Å². The largest absolute Gasteiger partial charge is 0.465 e. The van der Waals surface area contributed by atoms with Crippen molar-refractivity contribution in [2.45, 2.75) is 34.2 Å². The number of nitrogens with zero attached hydrogens (tertiary/aromatic N) is 1. The van der Waals surface area contributed by atoms with Crippen LogP contribution in [-0.2, 0) is 11.3 Å². The number of hydrogen-bond acceptors (Lipinski definition) is 5. The van der Waals surface area contributed by atoms with Crippen LogP contribution in [-0.4, -0.2) is 29.0 Å². The van der Waals surface area contributed by atoms with Gasteiger partial charge in [0.25, 0.3) is 5.91 Å². The Hall–Kier alpha value is -3.61. The van der Waals surface area contributed by atoms with E-state index < -0.39 is 5.97 Å². The molecule has 0 spiro atoms. The Morgan fingerprint density at radius 2 is 1.83 bits per heavy atom. The van der Waals surface area contributed by atoms with Crippen LogP contribution in [0.5, 0.6) is 11.6 Å². The van der Waals surface area contributed by atoms with Crippen molar-refractivity contribution < 1.29 is 19.1 Å². The van der Waals surface area contributed by atoms with E-state index in [2.05, 4.69) is 15.3 Å². The van der Waals surface area contributed by atoms with Gasteiger partial charge in [0.05, 0.1) is 12.7 Å². The summed E-state index contributed by atoms with van der Waals surface area (Å²) in [4.78, 5) is 31.7. The number of aromatic nitrogens is 2. The highest BCUT2D eigenvalue weighted by Gasteiger charge is 2.22. The molecule has 0 aliphatic heterocycles. The quantitative estimate of drug-likeness (QED) is 0.599. The molecule has 2 aromatic heterocycles. The number of carbonyl (C=O) groups is 2. The highest BCUT2D eigenvalue weighted by atomic mass is 16.5. The Morgan fingerprint density at radius 1 is 1.07 bits per heavy atom. The van der Waals surface area contributed by atoms with Gasteiger partial charge in [-0.2, -0.15) is 0 Å². The van der Waals surface area contributed by atoms with Gasteiger partial charge in [-0.25, -0.2) is 9.78 Å². The van der Waals surface area contributed by atoms with Crippen molar-refractivity contribution in [1.29, 1.82) is 0 Å². The molecule has 0 fully saturated rings. The lowest BCUT2D eigenvalue weighted by atomic mass is 10.1. The number of pyridine rings is 1. The highest BCUT2D eigenvalue weighted by molar-refractivity contribution is 6.00. The number of aryl methyl sites for hydroxylation is 3. The zero-order valence-electron chi connectivity index (χ0n) is 17.8. The zero-order chi connectivity index (χ0) is 21.8. The first-order valence-electron chi connectivity index (χ1n) is 9.56. The van der Waals surface area contributed by atoms with Crippen molar-refractivity contribution in [3.05, 3.63) is 75.7 Å². The Bertz CT molecular complexity index is 1100. The van der Waals surface area contributed by atoms with Gasteiger partial charge in [-0.3, -0.25) is 4.79 Å². The van der Waals surface area contributed by atoms with Crippen molar-refractivity contribution in [2.24, 2.45) is 0 Å². The SMILES string of the molecule is COC(=O)c1c(C)[nH]c(C(=O)NCc2ccnc(Oc3ccc(C)c(C)c3)c2)c1C. The summed E-state index contributed by atoms with van der Waals surface area (Å²) >= 11 is 0. The summed E-state index contributed by atoms with van der Waals surface area (Å²) in [7, 11) is 1.31. The van der Waals surface area contributed by atoms with E-state index >= 15 is 0 Å². The second kappa shape index (κ2) is 8.82. The van der Waals surface area contributed by atoms with Crippen LogP contribution in [0.2, 0.25) is 0 Å². The molecule has 0 saturated heterocycles. The number of esters is 1. The molecule has 0 saturated carbocycles. The second-order valence-corrected chi connectivity index (χ2v) is 7.15. The molecule has 0 bridgehead atoms. The molecular weight excluding hydrogens is 382 g/mol. The lowest BCUT2D eigenvalue weighted by Crippen LogP contribution is -2.24. The summed E-state index contributed by atoms with van der Waals surface area (Å²) in [5.41, 5.74) is 5.05.